The van der Waals surface area contributed by atoms with Gasteiger partial charge in [-0.3, -0.25) is 9.88 Å². The fourth-order valence-electron chi connectivity index (χ4n) is 5.77. The van der Waals surface area contributed by atoms with Gasteiger partial charge in [0.25, 0.3) is 0 Å². The van der Waals surface area contributed by atoms with Gasteiger partial charge in [-0.15, -0.1) is 0 Å². The first-order valence-corrected chi connectivity index (χ1v) is 13.7. The number of anilines is 1. The highest BCUT2D eigenvalue weighted by Crippen LogP contribution is 2.40. The van der Waals surface area contributed by atoms with Crippen molar-refractivity contribution in [2.24, 2.45) is 0 Å². The summed E-state index contributed by atoms with van der Waals surface area (Å²) < 4.78 is 2.20. The third-order valence-corrected chi connectivity index (χ3v) is 7.94. The van der Waals surface area contributed by atoms with Crippen molar-refractivity contribution in [2.75, 3.05) is 31.5 Å². The Kier molecular flexibility index (Phi) is 6.93. The van der Waals surface area contributed by atoms with Crippen molar-refractivity contribution in [3.63, 3.8) is 0 Å². The molecule has 7 heteroatoms. The molecule has 200 valence electrons. The van der Waals surface area contributed by atoms with Gasteiger partial charge in [-0.25, -0.2) is 4.98 Å². The van der Waals surface area contributed by atoms with Crippen molar-refractivity contribution < 1.29 is 0 Å². The fourth-order valence-corrected chi connectivity index (χ4v) is 5.77. The van der Waals surface area contributed by atoms with Crippen LogP contribution in [0.2, 0.25) is 0 Å². The number of rotatable bonds is 6. The third kappa shape index (κ3) is 5.02. The highest BCUT2D eigenvalue weighted by molar-refractivity contribution is 5.85. The molecule has 0 saturated carbocycles. The number of benzene rings is 2. The first-order valence-electron chi connectivity index (χ1n) is 13.7. The molecule has 3 heterocycles. The monoisotopic (exact) mass is 527 g/mol. The van der Waals surface area contributed by atoms with E-state index in [4.69, 9.17) is 10.2 Å². The SMILES string of the molecule is C=C(Nc1ccc(C#N)cc1)N1CCN(C2c3ccc(C)cc3C=C(Cn3ccnc3C)c3cccnc32)CC1. The minimum absolute atomic E-state index is 0.0614. The molecule has 1 unspecified atom stereocenters. The van der Waals surface area contributed by atoms with Crippen molar-refractivity contribution in [3.8, 4) is 6.07 Å². The molecular formula is C33H33N7. The smallest absolute Gasteiger partial charge is 0.105 e. The predicted octanol–water partition coefficient (Wildman–Crippen LogP) is 5.61. The van der Waals surface area contributed by atoms with E-state index in [1.807, 2.05) is 55.8 Å². The van der Waals surface area contributed by atoms with E-state index in [0.29, 0.717) is 5.56 Å². The van der Waals surface area contributed by atoms with Crippen LogP contribution in [0.5, 0.6) is 0 Å². The van der Waals surface area contributed by atoms with Gasteiger partial charge < -0.3 is 14.8 Å². The summed E-state index contributed by atoms with van der Waals surface area (Å²) in [6, 6.07) is 20.8. The van der Waals surface area contributed by atoms with Crippen molar-refractivity contribution in [1.82, 2.24) is 24.3 Å². The second kappa shape index (κ2) is 10.8. The second-order valence-electron chi connectivity index (χ2n) is 10.5. The van der Waals surface area contributed by atoms with Crippen molar-refractivity contribution in [2.45, 2.75) is 26.4 Å². The van der Waals surface area contributed by atoms with Gasteiger partial charge in [-0.2, -0.15) is 5.26 Å². The topological polar surface area (TPSA) is 73.0 Å². The van der Waals surface area contributed by atoms with Crippen molar-refractivity contribution >= 4 is 17.3 Å². The minimum Gasteiger partial charge on any atom is -0.356 e. The molecular weight excluding hydrogens is 494 g/mol. The molecule has 2 aliphatic rings. The van der Waals surface area contributed by atoms with E-state index in [1.54, 1.807) is 0 Å². The Balaban J connectivity index is 1.27. The minimum atomic E-state index is 0.0614. The lowest BCUT2D eigenvalue weighted by molar-refractivity contribution is 0.130. The zero-order valence-electron chi connectivity index (χ0n) is 23.0. The maximum absolute atomic E-state index is 9.07. The summed E-state index contributed by atoms with van der Waals surface area (Å²) >= 11 is 0. The zero-order chi connectivity index (χ0) is 27.6. The van der Waals surface area contributed by atoms with Crippen LogP contribution in [0.1, 0.15) is 45.4 Å². The summed E-state index contributed by atoms with van der Waals surface area (Å²) in [5.74, 6) is 1.88. The molecule has 0 spiro atoms. The van der Waals surface area contributed by atoms with Gasteiger partial charge >= 0.3 is 0 Å². The largest absolute Gasteiger partial charge is 0.356 e. The average Bonchev–Trinajstić information content (AvgIpc) is 3.32. The number of hydrogen-bond acceptors (Lipinski definition) is 6. The van der Waals surface area contributed by atoms with Crippen LogP contribution in [0.3, 0.4) is 0 Å². The van der Waals surface area contributed by atoms with E-state index >= 15 is 0 Å². The highest BCUT2D eigenvalue weighted by atomic mass is 15.3. The van der Waals surface area contributed by atoms with Gasteiger partial charge in [0.15, 0.2) is 0 Å². The Bertz CT molecular complexity index is 1620. The molecule has 1 aliphatic heterocycles. The molecule has 1 saturated heterocycles. The first kappa shape index (κ1) is 25.6. The number of hydrogen-bond donors (Lipinski definition) is 1. The van der Waals surface area contributed by atoms with E-state index in [2.05, 4.69) is 74.6 Å². The number of aryl methyl sites for hydroxylation is 2. The second-order valence-corrected chi connectivity index (χ2v) is 10.5. The summed E-state index contributed by atoms with van der Waals surface area (Å²) in [5, 5.41) is 12.5. The molecule has 0 radical (unpaired) electrons. The number of piperazine rings is 1. The molecule has 4 aromatic rings. The van der Waals surface area contributed by atoms with Gasteiger partial charge in [0, 0.05) is 62.6 Å². The van der Waals surface area contributed by atoms with Crippen LogP contribution in [0.25, 0.3) is 11.6 Å². The number of nitrogens with one attached hydrogen (secondary N) is 1. The number of nitriles is 1. The predicted molar refractivity (Wildman–Crippen MR) is 159 cm³/mol. The maximum Gasteiger partial charge on any atom is 0.105 e. The summed E-state index contributed by atoms with van der Waals surface area (Å²) in [4.78, 5) is 14.3. The lowest BCUT2D eigenvalue weighted by Gasteiger charge is -2.41. The van der Waals surface area contributed by atoms with Crippen LogP contribution < -0.4 is 5.32 Å². The molecule has 1 fully saturated rings. The summed E-state index contributed by atoms with van der Waals surface area (Å²) in [6.45, 7) is 12.7. The summed E-state index contributed by atoms with van der Waals surface area (Å²) in [7, 11) is 0. The molecule has 1 atom stereocenters. The standard InChI is InChI=1S/C33H33N7/c1-23-6-11-31-27(19-23)20-28(22-40-14-13-35-24(40)2)30-5-4-12-36-32(30)33(31)39-17-15-38(16-18-39)25(3)37-29-9-7-26(21-34)8-10-29/h4-14,19-20,33,37H,3,15-18,22H2,1-2H3. The molecule has 1 N–H and O–H groups in total. The zero-order valence-corrected chi connectivity index (χ0v) is 23.0. The Labute approximate surface area is 235 Å². The fraction of sp³-hybridized carbons (Fsp3) is 0.242. The van der Waals surface area contributed by atoms with Crippen LogP contribution in [0.4, 0.5) is 5.69 Å². The normalized spacial score (nSPS) is 16.8. The van der Waals surface area contributed by atoms with Gasteiger partial charge in [-0.1, -0.05) is 36.4 Å². The van der Waals surface area contributed by atoms with Crippen LogP contribution >= 0.6 is 0 Å². The van der Waals surface area contributed by atoms with E-state index in [9.17, 15) is 0 Å². The molecule has 6 rings (SSSR count). The van der Waals surface area contributed by atoms with Crippen LogP contribution in [0, 0.1) is 25.2 Å². The molecule has 7 nitrogen and oxygen atoms in total. The summed E-state index contributed by atoms with van der Waals surface area (Å²) in [6.07, 6.45) is 8.18. The molecule has 0 bridgehead atoms. The first-order chi connectivity index (χ1) is 19.5. The van der Waals surface area contributed by atoms with Crippen molar-refractivity contribution in [1.29, 1.82) is 5.26 Å². The van der Waals surface area contributed by atoms with E-state index in [-0.39, 0.29) is 6.04 Å². The lowest BCUT2D eigenvalue weighted by atomic mass is 9.94. The van der Waals surface area contributed by atoms with Gasteiger partial charge in [-0.05, 0) is 67.0 Å². The van der Waals surface area contributed by atoms with Crippen LogP contribution in [0.15, 0.2) is 85.6 Å². The van der Waals surface area contributed by atoms with Gasteiger partial charge in [0.1, 0.15) is 5.82 Å². The number of imidazole rings is 1. The molecule has 1 aliphatic carbocycles. The molecule has 2 aromatic carbocycles. The number of nitrogens with zero attached hydrogens (tertiary/aromatic N) is 6. The van der Waals surface area contributed by atoms with Crippen molar-refractivity contribution in [3.05, 3.63) is 125 Å². The highest BCUT2D eigenvalue weighted by Gasteiger charge is 2.33. The Hall–Kier alpha value is -4.67. The third-order valence-electron chi connectivity index (χ3n) is 7.94. The van der Waals surface area contributed by atoms with E-state index < -0.39 is 0 Å². The van der Waals surface area contributed by atoms with E-state index in [1.165, 1.54) is 27.8 Å². The Morgan fingerprint density at radius 2 is 1.82 bits per heavy atom. The Morgan fingerprint density at radius 1 is 1.02 bits per heavy atom. The summed E-state index contributed by atoms with van der Waals surface area (Å²) in [5.41, 5.74) is 8.94. The van der Waals surface area contributed by atoms with Gasteiger partial charge in [0.05, 0.1) is 29.2 Å². The van der Waals surface area contributed by atoms with Crippen LogP contribution in [-0.2, 0) is 6.54 Å². The maximum atomic E-state index is 9.07. The number of pyridine rings is 1. The number of fused-ring (bicyclic) bond motifs is 2. The lowest BCUT2D eigenvalue weighted by Crippen LogP contribution is -2.48. The molecule has 40 heavy (non-hydrogen) atoms. The van der Waals surface area contributed by atoms with Crippen LogP contribution in [-0.4, -0.2) is 50.5 Å². The van der Waals surface area contributed by atoms with E-state index in [0.717, 1.165) is 55.8 Å². The quantitative estimate of drug-likeness (QED) is 0.351. The average molecular weight is 528 g/mol. The Morgan fingerprint density at radius 3 is 2.55 bits per heavy atom. The number of aromatic nitrogens is 3. The molecule has 0 amide bonds. The molecule has 2 aromatic heterocycles. The number of allylic oxidation sites excluding steroid dienone is 1. The van der Waals surface area contributed by atoms with Gasteiger partial charge in [0.2, 0.25) is 0 Å².